The summed E-state index contributed by atoms with van der Waals surface area (Å²) in [6, 6.07) is 13.8. The summed E-state index contributed by atoms with van der Waals surface area (Å²) in [5, 5.41) is 0. The van der Waals surface area contributed by atoms with Gasteiger partial charge in [-0.2, -0.15) is 4.31 Å². The first-order valence-electron chi connectivity index (χ1n) is 9.73. The topological polar surface area (TPSA) is 79.2 Å². The maximum absolute atomic E-state index is 12.8. The summed E-state index contributed by atoms with van der Waals surface area (Å²) < 4.78 is 27.1. The molecule has 2 aliphatic heterocycles. The molecule has 1 N–H and O–H groups in total. The van der Waals surface area contributed by atoms with Crippen LogP contribution in [0, 0.1) is 6.92 Å². The van der Waals surface area contributed by atoms with Crippen molar-refractivity contribution < 1.29 is 22.9 Å². The van der Waals surface area contributed by atoms with Gasteiger partial charge in [-0.1, -0.05) is 29.8 Å². The van der Waals surface area contributed by atoms with E-state index in [1.54, 1.807) is 48.5 Å². The Bertz CT molecular complexity index is 1010. The molecule has 0 radical (unpaired) electrons. The highest BCUT2D eigenvalue weighted by atomic mass is 32.2. The second-order valence-corrected chi connectivity index (χ2v) is 9.46. The Morgan fingerprint density at radius 2 is 1.45 bits per heavy atom. The molecule has 0 spiro atoms. The van der Waals surface area contributed by atoms with E-state index in [-0.39, 0.29) is 11.8 Å². The number of piperazine rings is 1. The highest BCUT2D eigenvalue weighted by Gasteiger charge is 2.36. The Morgan fingerprint density at radius 3 is 2.00 bits per heavy atom. The van der Waals surface area contributed by atoms with Crippen molar-refractivity contribution >= 4 is 21.8 Å². The van der Waals surface area contributed by atoms with Gasteiger partial charge < -0.3 is 4.90 Å². The number of nitrogens with one attached hydrogen (secondary N) is 1. The molecule has 0 aliphatic carbocycles. The largest absolute Gasteiger partial charge is 0.331 e. The molecular weight excluding hydrogens is 390 g/mol. The number of nitrogens with zero attached hydrogens (tertiary/aromatic N) is 2. The second kappa shape index (κ2) is 7.70. The number of carbonyl (C=O) groups is 2. The van der Waals surface area contributed by atoms with E-state index in [9.17, 15) is 18.0 Å². The second-order valence-electron chi connectivity index (χ2n) is 7.52. The molecule has 8 heteroatoms. The van der Waals surface area contributed by atoms with Crippen LogP contribution in [0.5, 0.6) is 0 Å². The van der Waals surface area contributed by atoms with Gasteiger partial charge in [0.05, 0.1) is 55.3 Å². The number of hydrogen-bond acceptors (Lipinski definition) is 4. The summed E-state index contributed by atoms with van der Waals surface area (Å²) in [7, 11) is -3.49. The third kappa shape index (κ3) is 3.71. The predicted molar refractivity (Wildman–Crippen MR) is 107 cm³/mol. The maximum atomic E-state index is 12.8. The quantitative estimate of drug-likeness (QED) is 0.708. The molecule has 1 saturated heterocycles. The molecule has 4 rings (SSSR count). The lowest BCUT2D eigenvalue weighted by Crippen LogP contribution is -3.15. The number of carbonyl (C=O) groups excluding carboxylic acids is 2. The summed E-state index contributed by atoms with van der Waals surface area (Å²) in [4.78, 5) is 27.7. The molecular formula is C21H24N3O4S+. The Morgan fingerprint density at radius 1 is 0.897 bits per heavy atom. The summed E-state index contributed by atoms with van der Waals surface area (Å²) in [5.41, 5.74) is 1.94. The predicted octanol–water partition coefficient (Wildman–Crippen LogP) is 0.180. The van der Waals surface area contributed by atoms with E-state index in [0.717, 1.165) is 5.56 Å². The van der Waals surface area contributed by atoms with Gasteiger partial charge in [-0.25, -0.2) is 8.42 Å². The van der Waals surface area contributed by atoms with Crippen LogP contribution in [0.2, 0.25) is 0 Å². The lowest BCUT2D eigenvalue weighted by Gasteiger charge is -2.32. The average molecular weight is 415 g/mol. The zero-order chi connectivity index (χ0) is 20.6. The molecule has 0 aromatic heterocycles. The van der Waals surface area contributed by atoms with Crippen molar-refractivity contribution in [3.05, 3.63) is 65.2 Å². The zero-order valence-corrected chi connectivity index (χ0v) is 17.1. The molecule has 7 nitrogen and oxygen atoms in total. The van der Waals surface area contributed by atoms with Crippen LogP contribution in [0.15, 0.2) is 53.4 Å². The molecule has 2 aromatic carbocycles. The molecule has 0 unspecified atom stereocenters. The number of sulfonamides is 1. The van der Waals surface area contributed by atoms with E-state index in [4.69, 9.17) is 0 Å². The summed E-state index contributed by atoms with van der Waals surface area (Å²) in [6.07, 6.45) is 0. The monoisotopic (exact) mass is 414 g/mol. The highest BCUT2D eigenvalue weighted by molar-refractivity contribution is 7.89. The normalized spacial score (nSPS) is 18.3. The van der Waals surface area contributed by atoms with Gasteiger partial charge in [0.25, 0.3) is 11.8 Å². The molecule has 2 heterocycles. The fourth-order valence-corrected chi connectivity index (χ4v) is 5.31. The molecule has 0 bridgehead atoms. The number of fused-ring (bicyclic) bond motifs is 1. The summed E-state index contributed by atoms with van der Waals surface area (Å²) in [5.74, 6) is -0.490. The number of rotatable bonds is 5. The van der Waals surface area contributed by atoms with Crippen LogP contribution in [-0.4, -0.2) is 68.7 Å². The Labute approximate surface area is 170 Å². The van der Waals surface area contributed by atoms with Crippen LogP contribution >= 0.6 is 0 Å². The number of quaternary nitrogens is 1. The Balaban J connectivity index is 1.33. The van der Waals surface area contributed by atoms with Crippen LogP contribution in [0.25, 0.3) is 0 Å². The van der Waals surface area contributed by atoms with Crippen LogP contribution in [0.4, 0.5) is 0 Å². The van der Waals surface area contributed by atoms with Crippen molar-refractivity contribution in [2.45, 2.75) is 11.8 Å². The van der Waals surface area contributed by atoms with Gasteiger partial charge in [0.2, 0.25) is 10.0 Å². The number of aryl methyl sites for hydroxylation is 1. The first-order chi connectivity index (χ1) is 13.9. The van der Waals surface area contributed by atoms with Crippen molar-refractivity contribution in [3.8, 4) is 0 Å². The molecule has 0 atom stereocenters. The molecule has 2 aromatic rings. The summed E-state index contributed by atoms with van der Waals surface area (Å²) in [6.45, 7) is 5.02. The van der Waals surface area contributed by atoms with Gasteiger partial charge >= 0.3 is 0 Å². The average Bonchev–Trinajstić information content (AvgIpc) is 2.97. The standard InChI is InChI=1S/C21H23N3O4S/c1-16-6-8-17(9-7-16)29(27,28)23-13-10-22(11-14-23)12-15-24-20(25)18-4-2-3-5-19(18)21(24)26/h2-9H,10-15H2,1H3/p+1. The van der Waals surface area contributed by atoms with Gasteiger partial charge in [-0.3, -0.25) is 14.5 Å². The first-order valence-corrected chi connectivity index (χ1v) is 11.2. The van der Waals surface area contributed by atoms with E-state index in [0.29, 0.717) is 55.3 Å². The number of benzene rings is 2. The van der Waals surface area contributed by atoms with Crippen molar-refractivity contribution in [2.75, 3.05) is 39.3 Å². The molecule has 29 heavy (non-hydrogen) atoms. The lowest BCUT2D eigenvalue weighted by atomic mass is 10.1. The maximum Gasteiger partial charge on any atom is 0.261 e. The lowest BCUT2D eigenvalue weighted by molar-refractivity contribution is -0.902. The zero-order valence-electron chi connectivity index (χ0n) is 16.3. The van der Waals surface area contributed by atoms with E-state index in [1.807, 2.05) is 6.92 Å². The minimum Gasteiger partial charge on any atom is -0.331 e. The van der Waals surface area contributed by atoms with E-state index in [2.05, 4.69) is 0 Å². The molecule has 1 fully saturated rings. The van der Waals surface area contributed by atoms with Crippen LogP contribution < -0.4 is 4.90 Å². The fraction of sp³-hybridized carbons (Fsp3) is 0.333. The molecule has 0 saturated carbocycles. The van der Waals surface area contributed by atoms with Crippen molar-refractivity contribution in [1.29, 1.82) is 0 Å². The first kappa shape index (κ1) is 19.8. The number of imide groups is 1. The van der Waals surface area contributed by atoms with Gasteiger partial charge in [0.1, 0.15) is 0 Å². The number of amides is 2. The van der Waals surface area contributed by atoms with E-state index < -0.39 is 10.0 Å². The Hall–Kier alpha value is -2.55. The van der Waals surface area contributed by atoms with Crippen LogP contribution in [-0.2, 0) is 10.0 Å². The fourth-order valence-electron chi connectivity index (χ4n) is 3.86. The van der Waals surface area contributed by atoms with Gasteiger partial charge in [0.15, 0.2) is 0 Å². The van der Waals surface area contributed by atoms with E-state index >= 15 is 0 Å². The number of hydrogen-bond donors (Lipinski definition) is 1. The highest BCUT2D eigenvalue weighted by Crippen LogP contribution is 2.21. The van der Waals surface area contributed by atoms with Crippen molar-refractivity contribution in [2.24, 2.45) is 0 Å². The van der Waals surface area contributed by atoms with Gasteiger partial charge in [0, 0.05) is 0 Å². The van der Waals surface area contributed by atoms with Crippen LogP contribution in [0.3, 0.4) is 0 Å². The van der Waals surface area contributed by atoms with Crippen molar-refractivity contribution in [3.63, 3.8) is 0 Å². The minimum absolute atomic E-state index is 0.245. The van der Waals surface area contributed by atoms with E-state index in [1.165, 1.54) is 14.1 Å². The van der Waals surface area contributed by atoms with Gasteiger partial charge in [-0.05, 0) is 31.2 Å². The molecule has 2 aliphatic rings. The summed E-state index contributed by atoms with van der Waals surface area (Å²) >= 11 is 0. The smallest absolute Gasteiger partial charge is 0.261 e. The molecule has 2 amide bonds. The SMILES string of the molecule is Cc1ccc(S(=O)(=O)N2CC[NH+](CCN3C(=O)c4ccccc4C3=O)CC2)cc1. The van der Waals surface area contributed by atoms with Crippen LogP contribution in [0.1, 0.15) is 26.3 Å². The third-order valence-electron chi connectivity index (χ3n) is 5.66. The van der Waals surface area contributed by atoms with Crippen molar-refractivity contribution in [1.82, 2.24) is 9.21 Å². The van der Waals surface area contributed by atoms with Gasteiger partial charge in [-0.15, -0.1) is 0 Å². The third-order valence-corrected chi connectivity index (χ3v) is 7.57. The Kier molecular flexibility index (Phi) is 5.24. The molecule has 152 valence electrons. The minimum atomic E-state index is -3.49.